The highest BCUT2D eigenvalue weighted by atomic mass is 16.6. The van der Waals surface area contributed by atoms with Crippen LogP contribution in [0.5, 0.6) is 0 Å². The average Bonchev–Trinajstić information content (AvgIpc) is 2.41. The lowest BCUT2D eigenvalue weighted by Gasteiger charge is -2.19. The summed E-state index contributed by atoms with van der Waals surface area (Å²) in [6, 6.07) is 4.66. The van der Waals surface area contributed by atoms with Crippen LogP contribution in [0.15, 0.2) is 18.2 Å². The topological polar surface area (TPSA) is 75.5 Å². The third kappa shape index (κ3) is 4.22. The van der Waals surface area contributed by atoms with Crippen molar-refractivity contribution < 1.29 is 9.72 Å². The van der Waals surface area contributed by atoms with Crippen LogP contribution in [-0.4, -0.2) is 35.4 Å². The van der Waals surface area contributed by atoms with Crippen molar-refractivity contribution in [2.45, 2.75) is 27.2 Å². The van der Waals surface area contributed by atoms with E-state index in [4.69, 9.17) is 0 Å². The third-order valence-corrected chi connectivity index (χ3v) is 3.19. The molecule has 0 spiro atoms. The minimum absolute atomic E-state index is 0.0762. The number of nitrogens with zero attached hydrogens (tertiary/aromatic N) is 2. The van der Waals surface area contributed by atoms with E-state index in [0.717, 1.165) is 11.3 Å². The fourth-order valence-electron chi connectivity index (χ4n) is 2.00. The van der Waals surface area contributed by atoms with Gasteiger partial charge < -0.3 is 10.2 Å². The van der Waals surface area contributed by atoms with Crippen molar-refractivity contribution in [3.63, 3.8) is 0 Å². The van der Waals surface area contributed by atoms with Crippen molar-refractivity contribution in [2.75, 3.05) is 25.0 Å². The Labute approximate surface area is 118 Å². The zero-order valence-corrected chi connectivity index (χ0v) is 12.2. The number of hydrogen-bond acceptors (Lipinski definition) is 4. The van der Waals surface area contributed by atoms with E-state index in [9.17, 15) is 14.9 Å². The van der Waals surface area contributed by atoms with Crippen LogP contribution in [0.1, 0.15) is 25.8 Å². The molecule has 0 heterocycles. The fraction of sp³-hybridized carbons (Fsp3) is 0.500. The Hall–Kier alpha value is -2.11. The Morgan fingerprint density at radius 3 is 2.50 bits per heavy atom. The number of nitro groups is 1. The molecule has 6 heteroatoms. The van der Waals surface area contributed by atoms with Gasteiger partial charge in [0.25, 0.3) is 5.69 Å². The zero-order valence-electron chi connectivity index (χ0n) is 12.2. The molecule has 0 saturated carbocycles. The number of carbonyl (C=O) groups is 1. The number of amides is 1. The number of non-ortho nitro benzene ring substituents is 1. The van der Waals surface area contributed by atoms with Gasteiger partial charge in [-0.1, -0.05) is 0 Å². The van der Waals surface area contributed by atoms with Crippen molar-refractivity contribution in [3.8, 4) is 0 Å². The number of anilines is 1. The second-order valence-corrected chi connectivity index (χ2v) is 4.50. The molecule has 0 radical (unpaired) electrons. The van der Waals surface area contributed by atoms with E-state index < -0.39 is 4.92 Å². The maximum atomic E-state index is 11.8. The average molecular weight is 279 g/mol. The Balaban J connectivity index is 2.54. The van der Waals surface area contributed by atoms with Gasteiger partial charge in [0.15, 0.2) is 0 Å². The molecule has 0 bridgehead atoms. The summed E-state index contributed by atoms with van der Waals surface area (Å²) < 4.78 is 0. The van der Waals surface area contributed by atoms with E-state index in [1.165, 1.54) is 12.1 Å². The summed E-state index contributed by atoms with van der Waals surface area (Å²) in [4.78, 5) is 23.8. The van der Waals surface area contributed by atoms with Crippen LogP contribution in [0, 0.1) is 17.0 Å². The maximum Gasteiger partial charge on any atom is 0.269 e. The number of benzene rings is 1. The Morgan fingerprint density at radius 2 is 2.00 bits per heavy atom. The molecule has 0 aromatic heterocycles. The predicted octanol–water partition coefficient (Wildman–Crippen LogP) is 2.57. The molecule has 110 valence electrons. The first-order chi connectivity index (χ1) is 9.49. The number of nitrogens with one attached hydrogen (secondary N) is 1. The van der Waals surface area contributed by atoms with Crippen LogP contribution in [0.25, 0.3) is 0 Å². The van der Waals surface area contributed by atoms with E-state index in [1.54, 1.807) is 11.0 Å². The van der Waals surface area contributed by atoms with Gasteiger partial charge in [0, 0.05) is 43.9 Å². The van der Waals surface area contributed by atoms with Crippen molar-refractivity contribution in [3.05, 3.63) is 33.9 Å². The molecule has 1 N–H and O–H groups in total. The van der Waals surface area contributed by atoms with Gasteiger partial charge in [0.1, 0.15) is 0 Å². The molecule has 1 rings (SSSR count). The number of aryl methyl sites for hydroxylation is 1. The van der Waals surface area contributed by atoms with Crippen LogP contribution in [0.3, 0.4) is 0 Å². The maximum absolute atomic E-state index is 11.8. The van der Waals surface area contributed by atoms with Gasteiger partial charge in [-0.2, -0.15) is 0 Å². The summed E-state index contributed by atoms with van der Waals surface area (Å²) >= 11 is 0. The lowest BCUT2D eigenvalue weighted by atomic mass is 10.1. The lowest BCUT2D eigenvalue weighted by molar-refractivity contribution is -0.384. The molecular weight excluding hydrogens is 258 g/mol. The summed E-state index contributed by atoms with van der Waals surface area (Å²) in [5, 5.41) is 13.8. The van der Waals surface area contributed by atoms with E-state index >= 15 is 0 Å². The fourth-order valence-corrected chi connectivity index (χ4v) is 2.00. The summed E-state index contributed by atoms with van der Waals surface area (Å²) in [7, 11) is 0. The minimum atomic E-state index is -0.416. The van der Waals surface area contributed by atoms with E-state index in [-0.39, 0.29) is 11.6 Å². The molecule has 6 nitrogen and oxygen atoms in total. The number of carbonyl (C=O) groups excluding carboxylic acids is 1. The Bertz CT molecular complexity index is 485. The van der Waals surface area contributed by atoms with Gasteiger partial charge >= 0.3 is 0 Å². The molecule has 1 amide bonds. The molecule has 0 aliphatic carbocycles. The van der Waals surface area contributed by atoms with Crippen LogP contribution in [0.2, 0.25) is 0 Å². The molecule has 0 saturated heterocycles. The van der Waals surface area contributed by atoms with E-state index in [1.807, 2.05) is 20.8 Å². The number of hydrogen-bond donors (Lipinski definition) is 1. The summed E-state index contributed by atoms with van der Waals surface area (Å²) in [5.74, 6) is 0.113. The van der Waals surface area contributed by atoms with Crippen LogP contribution < -0.4 is 5.32 Å². The Kier molecular flexibility index (Phi) is 5.96. The predicted molar refractivity (Wildman–Crippen MR) is 78.9 cm³/mol. The highest BCUT2D eigenvalue weighted by Crippen LogP contribution is 2.21. The van der Waals surface area contributed by atoms with Crippen molar-refractivity contribution in [2.24, 2.45) is 0 Å². The van der Waals surface area contributed by atoms with Crippen LogP contribution in [-0.2, 0) is 4.79 Å². The van der Waals surface area contributed by atoms with Crippen molar-refractivity contribution in [1.82, 2.24) is 4.90 Å². The smallest absolute Gasteiger partial charge is 0.269 e. The number of rotatable bonds is 7. The molecule has 0 unspecified atom stereocenters. The van der Waals surface area contributed by atoms with Gasteiger partial charge in [0.05, 0.1) is 4.92 Å². The van der Waals surface area contributed by atoms with Crippen molar-refractivity contribution in [1.29, 1.82) is 0 Å². The first kappa shape index (κ1) is 15.9. The molecule has 20 heavy (non-hydrogen) atoms. The third-order valence-electron chi connectivity index (χ3n) is 3.19. The van der Waals surface area contributed by atoms with Gasteiger partial charge in [0.2, 0.25) is 5.91 Å². The molecule has 1 aromatic rings. The first-order valence-electron chi connectivity index (χ1n) is 6.76. The molecule has 1 aromatic carbocycles. The standard InChI is InChI=1S/C14H21N3O3/c1-4-16(5-2)14(18)8-9-15-13-7-6-12(17(19)20)10-11(13)3/h6-7,10,15H,4-5,8-9H2,1-3H3. The Morgan fingerprint density at radius 1 is 1.35 bits per heavy atom. The van der Waals surface area contributed by atoms with Crippen LogP contribution >= 0.6 is 0 Å². The van der Waals surface area contributed by atoms with Crippen molar-refractivity contribution >= 4 is 17.3 Å². The minimum Gasteiger partial charge on any atom is -0.384 e. The summed E-state index contributed by atoms with van der Waals surface area (Å²) in [6.07, 6.45) is 0.415. The largest absolute Gasteiger partial charge is 0.384 e. The summed E-state index contributed by atoms with van der Waals surface area (Å²) in [5.41, 5.74) is 1.70. The van der Waals surface area contributed by atoms with E-state index in [0.29, 0.717) is 26.1 Å². The second kappa shape index (κ2) is 7.47. The quantitative estimate of drug-likeness (QED) is 0.615. The molecule has 0 aliphatic heterocycles. The zero-order chi connectivity index (χ0) is 15.1. The lowest BCUT2D eigenvalue weighted by Crippen LogP contribution is -2.31. The number of nitro benzene ring substituents is 1. The highest BCUT2D eigenvalue weighted by Gasteiger charge is 2.10. The molecule has 0 fully saturated rings. The second-order valence-electron chi connectivity index (χ2n) is 4.50. The first-order valence-corrected chi connectivity index (χ1v) is 6.76. The van der Waals surface area contributed by atoms with Gasteiger partial charge in [-0.15, -0.1) is 0 Å². The van der Waals surface area contributed by atoms with Gasteiger partial charge in [-0.25, -0.2) is 0 Å². The summed E-state index contributed by atoms with van der Waals surface area (Å²) in [6.45, 7) is 7.66. The monoisotopic (exact) mass is 279 g/mol. The SMILES string of the molecule is CCN(CC)C(=O)CCNc1ccc([N+](=O)[O-])cc1C. The van der Waals surface area contributed by atoms with Gasteiger partial charge in [-0.05, 0) is 32.4 Å². The molecule has 0 atom stereocenters. The van der Waals surface area contributed by atoms with E-state index in [2.05, 4.69) is 5.32 Å². The molecule has 0 aliphatic rings. The highest BCUT2D eigenvalue weighted by molar-refractivity contribution is 5.76. The van der Waals surface area contributed by atoms with Crippen LogP contribution in [0.4, 0.5) is 11.4 Å². The van der Waals surface area contributed by atoms with Gasteiger partial charge in [-0.3, -0.25) is 14.9 Å². The molecular formula is C14H21N3O3. The normalized spacial score (nSPS) is 10.2.